The summed E-state index contributed by atoms with van der Waals surface area (Å²) in [7, 11) is 0. The van der Waals surface area contributed by atoms with Crippen molar-refractivity contribution < 1.29 is 0 Å². The van der Waals surface area contributed by atoms with Gasteiger partial charge in [0.25, 0.3) is 0 Å². The lowest BCUT2D eigenvalue weighted by Gasteiger charge is -2.30. The summed E-state index contributed by atoms with van der Waals surface area (Å²) in [6.45, 7) is 4.61. The summed E-state index contributed by atoms with van der Waals surface area (Å²) in [6, 6.07) is 0. The zero-order valence-corrected chi connectivity index (χ0v) is 17.3. The molecule has 2 rings (SSSR count). The Morgan fingerprint density at radius 2 is 1.44 bits per heavy atom. The highest BCUT2D eigenvalue weighted by molar-refractivity contribution is 5.26. The van der Waals surface area contributed by atoms with Crippen molar-refractivity contribution in [2.45, 2.75) is 117 Å². The molecule has 0 saturated heterocycles. The van der Waals surface area contributed by atoms with Crippen molar-refractivity contribution in [2.75, 3.05) is 0 Å². The first-order valence-electron chi connectivity index (χ1n) is 11.7. The van der Waals surface area contributed by atoms with Crippen molar-refractivity contribution in [3.63, 3.8) is 0 Å². The van der Waals surface area contributed by atoms with E-state index in [0.717, 1.165) is 17.8 Å². The summed E-state index contributed by atoms with van der Waals surface area (Å²) in [5.41, 5.74) is 1.68. The third-order valence-corrected chi connectivity index (χ3v) is 6.66. The molecule has 2 aliphatic carbocycles. The van der Waals surface area contributed by atoms with Crippen LogP contribution in [0.25, 0.3) is 0 Å². The molecule has 25 heavy (non-hydrogen) atoms. The zero-order chi connectivity index (χ0) is 17.7. The van der Waals surface area contributed by atoms with Gasteiger partial charge in [-0.15, -0.1) is 0 Å². The maximum absolute atomic E-state index is 2.57. The molecule has 0 radical (unpaired) electrons. The van der Waals surface area contributed by atoms with Gasteiger partial charge < -0.3 is 0 Å². The van der Waals surface area contributed by atoms with Crippen LogP contribution in [0.15, 0.2) is 23.8 Å². The molecule has 0 N–H and O–H groups in total. The Bertz CT molecular complexity index is 381. The van der Waals surface area contributed by atoms with E-state index in [1.807, 2.05) is 0 Å². The molecule has 0 nitrogen and oxygen atoms in total. The normalized spacial score (nSPS) is 26.6. The number of hydrogen-bond acceptors (Lipinski definition) is 0. The highest BCUT2D eigenvalue weighted by Gasteiger charge is 2.23. The first-order chi connectivity index (χ1) is 12.3. The number of allylic oxidation sites excluding steroid dienone is 4. The summed E-state index contributed by atoms with van der Waals surface area (Å²) in [6.07, 6.45) is 30.6. The Kier molecular flexibility index (Phi) is 10.6. The number of hydrogen-bond donors (Lipinski definition) is 0. The summed E-state index contributed by atoms with van der Waals surface area (Å²) >= 11 is 0. The van der Waals surface area contributed by atoms with Gasteiger partial charge in [-0.1, -0.05) is 96.3 Å². The molecule has 0 heterocycles. The molecule has 0 heteroatoms. The van der Waals surface area contributed by atoms with E-state index in [9.17, 15) is 0 Å². The monoisotopic (exact) mass is 344 g/mol. The topological polar surface area (TPSA) is 0 Å². The quantitative estimate of drug-likeness (QED) is 0.311. The second-order valence-electron chi connectivity index (χ2n) is 8.83. The van der Waals surface area contributed by atoms with Crippen LogP contribution in [-0.2, 0) is 0 Å². The molecular weight excluding hydrogens is 300 g/mol. The molecule has 0 aromatic heterocycles. The standard InChI is InChI=1S/C25H44/c1-3-5-6-7-8-9-10-11-13-23-16-20-25(21-17-23)24-18-14-22(12-4-2)15-19-24/h14,18-19,22-23,25H,3-13,15-17,20-21H2,1-2H3. The largest absolute Gasteiger partial charge is 0.0808 e. The average molecular weight is 345 g/mol. The number of rotatable bonds is 12. The van der Waals surface area contributed by atoms with Crippen LogP contribution in [0, 0.1) is 17.8 Å². The molecule has 0 spiro atoms. The van der Waals surface area contributed by atoms with Crippen molar-refractivity contribution in [1.29, 1.82) is 0 Å². The zero-order valence-electron chi connectivity index (χ0n) is 17.3. The van der Waals surface area contributed by atoms with Gasteiger partial charge in [-0.05, 0) is 61.9 Å². The highest BCUT2D eigenvalue weighted by Crippen LogP contribution is 2.38. The molecule has 0 aromatic carbocycles. The minimum absolute atomic E-state index is 0.826. The third kappa shape index (κ3) is 8.14. The first kappa shape index (κ1) is 20.8. The van der Waals surface area contributed by atoms with Crippen molar-refractivity contribution in [2.24, 2.45) is 17.8 Å². The van der Waals surface area contributed by atoms with Crippen molar-refractivity contribution in [3.8, 4) is 0 Å². The molecule has 1 saturated carbocycles. The molecule has 1 unspecified atom stereocenters. The van der Waals surface area contributed by atoms with E-state index in [1.54, 1.807) is 5.57 Å². The lowest BCUT2D eigenvalue weighted by atomic mass is 9.75. The van der Waals surface area contributed by atoms with E-state index in [-0.39, 0.29) is 0 Å². The summed E-state index contributed by atoms with van der Waals surface area (Å²) < 4.78 is 0. The van der Waals surface area contributed by atoms with Gasteiger partial charge in [0.1, 0.15) is 0 Å². The van der Waals surface area contributed by atoms with Crippen LogP contribution < -0.4 is 0 Å². The van der Waals surface area contributed by atoms with Crippen LogP contribution >= 0.6 is 0 Å². The van der Waals surface area contributed by atoms with Crippen LogP contribution in [0.2, 0.25) is 0 Å². The van der Waals surface area contributed by atoms with E-state index in [0.29, 0.717) is 0 Å². The van der Waals surface area contributed by atoms with Gasteiger partial charge >= 0.3 is 0 Å². The molecule has 1 atom stereocenters. The predicted molar refractivity (Wildman–Crippen MR) is 113 cm³/mol. The minimum Gasteiger partial charge on any atom is -0.0808 e. The Morgan fingerprint density at radius 1 is 0.760 bits per heavy atom. The SMILES string of the molecule is CCCCCCCCCCC1CCC(C2=CCC(CCC)C=C2)CC1. The molecular formula is C25H44. The smallest absolute Gasteiger partial charge is 0.0165 e. The molecule has 0 amide bonds. The molecule has 144 valence electrons. The third-order valence-electron chi connectivity index (χ3n) is 6.66. The molecule has 0 aliphatic heterocycles. The van der Waals surface area contributed by atoms with E-state index >= 15 is 0 Å². The van der Waals surface area contributed by atoms with Gasteiger partial charge in [0.05, 0.1) is 0 Å². The summed E-state index contributed by atoms with van der Waals surface area (Å²) in [4.78, 5) is 0. The Labute approximate surface area is 158 Å². The maximum Gasteiger partial charge on any atom is -0.0165 e. The Hall–Kier alpha value is -0.520. The summed E-state index contributed by atoms with van der Waals surface area (Å²) in [5, 5.41) is 0. The Morgan fingerprint density at radius 3 is 2.04 bits per heavy atom. The van der Waals surface area contributed by atoms with Crippen LogP contribution in [-0.4, -0.2) is 0 Å². The van der Waals surface area contributed by atoms with Gasteiger partial charge in [-0.3, -0.25) is 0 Å². The van der Waals surface area contributed by atoms with Gasteiger partial charge in [0, 0.05) is 0 Å². The number of unbranched alkanes of at least 4 members (excludes halogenated alkanes) is 7. The van der Waals surface area contributed by atoms with E-state index in [1.165, 1.54) is 103 Å². The fourth-order valence-corrected chi connectivity index (χ4v) is 4.92. The fourth-order valence-electron chi connectivity index (χ4n) is 4.92. The lowest BCUT2D eigenvalue weighted by Crippen LogP contribution is -2.17. The molecule has 1 fully saturated rings. The fraction of sp³-hybridized carbons (Fsp3) is 0.840. The first-order valence-corrected chi connectivity index (χ1v) is 11.7. The van der Waals surface area contributed by atoms with Crippen LogP contribution in [0.3, 0.4) is 0 Å². The summed E-state index contributed by atoms with van der Waals surface area (Å²) in [5.74, 6) is 2.75. The van der Waals surface area contributed by atoms with Gasteiger partial charge in [0.2, 0.25) is 0 Å². The second-order valence-corrected chi connectivity index (χ2v) is 8.83. The average Bonchev–Trinajstić information content (AvgIpc) is 2.65. The van der Waals surface area contributed by atoms with E-state index in [4.69, 9.17) is 0 Å². The van der Waals surface area contributed by atoms with Crippen molar-refractivity contribution in [1.82, 2.24) is 0 Å². The van der Waals surface area contributed by atoms with Crippen molar-refractivity contribution >= 4 is 0 Å². The van der Waals surface area contributed by atoms with Gasteiger partial charge in [-0.2, -0.15) is 0 Å². The van der Waals surface area contributed by atoms with Crippen LogP contribution in [0.5, 0.6) is 0 Å². The van der Waals surface area contributed by atoms with Gasteiger partial charge in [-0.25, -0.2) is 0 Å². The van der Waals surface area contributed by atoms with E-state index < -0.39 is 0 Å². The van der Waals surface area contributed by atoms with Crippen LogP contribution in [0.1, 0.15) is 117 Å². The van der Waals surface area contributed by atoms with E-state index in [2.05, 4.69) is 32.1 Å². The second kappa shape index (κ2) is 12.8. The predicted octanol–water partition coefficient (Wildman–Crippen LogP) is 8.63. The minimum atomic E-state index is 0.826. The molecule has 0 bridgehead atoms. The lowest BCUT2D eigenvalue weighted by molar-refractivity contribution is 0.282. The van der Waals surface area contributed by atoms with Gasteiger partial charge in [0.15, 0.2) is 0 Å². The highest BCUT2D eigenvalue weighted by atomic mass is 14.3. The molecule has 0 aromatic rings. The maximum atomic E-state index is 2.57. The molecule has 2 aliphatic rings. The Balaban J connectivity index is 1.51. The van der Waals surface area contributed by atoms with Crippen LogP contribution in [0.4, 0.5) is 0 Å². The van der Waals surface area contributed by atoms with Crippen molar-refractivity contribution in [3.05, 3.63) is 23.8 Å².